The minimum absolute atomic E-state index is 0.647. The lowest BCUT2D eigenvalue weighted by Gasteiger charge is -2.37. The summed E-state index contributed by atoms with van der Waals surface area (Å²) in [5.74, 6) is 0.753. The van der Waals surface area contributed by atoms with Crippen LogP contribution in [-0.4, -0.2) is 36.6 Å². The Morgan fingerprint density at radius 2 is 1.61 bits per heavy atom. The summed E-state index contributed by atoms with van der Waals surface area (Å²) < 4.78 is 0. The molecule has 0 fully saturated rings. The zero-order valence-corrected chi connectivity index (χ0v) is 13.6. The molecule has 0 radical (unpaired) electrons. The van der Waals surface area contributed by atoms with E-state index in [1.54, 1.807) is 0 Å². The number of nitrogens with zero attached hydrogens (tertiary/aromatic N) is 1. The molecule has 0 heterocycles. The summed E-state index contributed by atoms with van der Waals surface area (Å²) in [7, 11) is 0. The van der Waals surface area contributed by atoms with E-state index in [0.717, 1.165) is 18.5 Å². The van der Waals surface area contributed by atoms with Gasteiger partial charge in [0.05, 0.1) is 0 Å². The first-order valence-corrected chi connectivity index (χ1v) is 8.03. The highest BCUT2D eigenvalue weighted by atomic mass is 15.2. The van der Waals surface area contributed by atoms with Crippen molar-refractivity contribution in [2.24, 2.45) is 5.92 Å². The van der Waals surface area contributed by atoms with Gasteiger partial charge >= 0.3 is 0 Å². The van der Waals surface area contributed by atoms with Crippen LogP contribution in [-0.2, 0) is 0 Å². The molecule has 0 rings (SSSR count). The quantitative estimate of drug-likeness (QED) is 0.564. The molecule has 0 amide bonds. The molecular weight excluding hydrogens is 220 g/mol. The standard InChI is InChI=1S/C16H36N2/c1-7-10-11-17-12-15(6)18(13-14(4)5)16(8-2)9-3/h14-17H,7-13H2,1-6H3. The average Bonchev–Trinajstić information content (AvgIpc) is 2.34. The molecule has 0 aliphatic rings. The van der Waals surface area contributed by atoms with Crippen LogP contribution in [0.3, 0.4) is 0 Å². The number of hydrogen-bond acceptors (Lipinski definition) is 2. The molecule has 1 N–H and O–H groups in total. The molecule has 0 bridgehead atoms. The highest BCUT2D eigenvalue weighted by molar-refractivity contribution is 4.77. The summed E-state index contributed by atoms with van der Waals surface area (Å²) in [4.78, 5) is 2.71. The summed E-state index contributed by atoms with van der Waals surface area (Å²) in [5.41, 5.74) is 0. The van der Waals surface area contributed by atoms with Crippen LogP contribution in [0.4, 0.5) is 0 Å². The molecule has 110 valence electrons. The van der Waals surface area contributed by atoms with Crippen LogP contribution in [0.25, 0.3) is 0 Å². The van der Waals surface area contributed by atoms with Crippen LogP contribution in [0.5, 0.6) is 0 Å². The molecule has 0 aliphatic heterocycles. The lowest BCUT2D eigenvalue weighted by Crippen LogP contribution is -2.47. The Hall–Kier alpha value is -0.0800. The van der Waals surface area contributed by atoms with Crippen molar-refractivity contribution in [1.82, 2.24) is 10.2 Å². The van der Waals surface area contributed by atoms with Crippen molar-refractivity contribution in [2.75, 3.05) is 19.6 Å². The predicted octanol–water partition coefficient (Wildman–Crippen LogP) is 3.91. The van der Waals surface area contributed by atoms with Crippen LogP contribution in [0.15, 0.2) is 0 Å². The molecule has 0 saturated heterocycles. The number of unbranched alkanes of at least 4 members (excludes halogenated alkanes) is 1. The Bertz CT molecular complexity index is 176. The molecule has 0 aromatic rings. The number of rotatable bonds is 11. The maximum absolute atomic E-state index is 3.60. The second kappa shape index (κ2) is 10.8. The fourth-order valence-electron chi connectivity index (χ4n) is 2.60. The maximum atomic E-state index is 3.60. The van der Waals surface area contributed by atoms with E-state index in [4.69, 9.17) is 0 Å². The fourth-order valence-corrected chi connectivity index (χ4v) is 2.60. The molecule has 18 heavy (non-hydrogen) atoms. The van der Waals surface area contributed by atoms with Crippen molar-refractivity contribution >= 4 is 0 Å². The van der Waals surface area contributed by atoms with Crippen molar-refractivity contribution in [3.63, 3.8) is 0 Å². The van der Waals surface area contributed by atoms with Crippen molar-refractivity contribution in [1.29, 1.82) is 0 Å². The topological polar surface area (TPSA) is 15.3 Å². The van der Waals surface area contributed by atoms with Gasteiger partial charge in [0.1, 0.15) is 0 Å². The van der Waals surface area contributed by atoms with Gasteiger partial charge in [0, 0.05) is 25.2 Å². The van der Waals surface area contributed by atoms with E-state index >= 15 is 0 Å². The Balaban J connectivity index is 4.25. The van der Waals surface area contributed by atoms with Crippen molar-refractivity contribution in [3.05, 3.63) is 0 Å². The third-order valence-electron chi connectivity index (χ3n) is 3.70. The molecule has 1 unspecified atom stereocenters. The Labute approximate surface area is 116 Å². The van der Waals surface area contributed by atoms with Gasteiger partial charge in [-0.05, 0) is 38.6 Å². The van der Waals surface area contributed by atoms with Gasteiger partial charge in [-0.3, -0.25) is 4.90 Å². The van der Waals surface area contributed by atoms with E-state index in [1.165, 1.54) is 38.8 Å². The molecule has 0 spiro atoms. The zero-order valence-electron chi connectivity index (χ0n) is 13.6. The van der Waals surface area contributed by atoms with Gasteiger partial charge in [0.2, 0.25) is 0 Å². The van der Waals surface area contributed by atoms with E-state index < -0.39 is 0 Å². The Morgan fingerprint density at radius 1 is 1.00 bits per heavy atom. The number of nitrogens with one attached hydrogen (secondary N) is 1. The van der Waals surface area contributed by atoms with Crippen LogP contribution < -0.4 is 5.32 Å². The molecule has 0 aromatic carbocycles. The molecule has 0 aromatic heterocycles. The third-order valence-corrected chi connectivity index (χ3v) is 3.70. The van der Waals surface area contributed by atoms with Gasteiger partial charge in [-0.1, -0.05) is 41.0 Å². The third kappa shape index (κ3) is 7.38. The van der Waals surface area contributed by atoms with Crippen LogP contribution in [0.1, 0.15) is 67.2 Å². The minimum Gasteiger partial charge on any atom is -0.315 e. The van der Waals surface area contributed by atoms with E-state index in [2.05, 4.69) is 51.8 Å². The first-order valence-electron chi connectivity index (χ1n) is 8.03. The molecule has 2 heteroatoms. The summed E-state index contributed by atoms with van der Waals surface area (Å²) in [6, 6.07) is 1.39. The summed E-state index contributed by atoms with van der Waals surface area (Å²) in [5, 5.41) is 3.60. The van der Waals surface area contributed by atoms with Gasteiger partial charge in [-0.2, -0.15) is 0 Å². The molecule has 2 nitrogen and oxygen atoms in total. The lowest BCUT2D eigenvalue weighted by atomic mass is 10.0. The van der Waals surface area contributed by atoms with Gasteiger partial charge in [0.25, 0.3) is 0 Å². The minimum atomic E-state index is 0.647. The van der Waals surface area contributed by atoms with Crippen LogP contribution in [0.2, 0.25) is 0 Å². The van der Waals surface area contributed by atoms with Gasteiger partial charge in [-0.15, -0.1) is 0 Å². The molecule has 1 atom stereocenters. The van der Waals surface area contributed by atoms with Gasteiger partial charge < -0.3 is 5.32 Å². The van der Waals surface area contributed by atoms with E-state index in [9.17, 15) is 0 Å². The van der Waals surface area contributed by atoms with Crippen molar-refractivity contribution < 1.29 is 0 Å². The molecule has 0 aliphatic carbocycles. The highest BCUT2D eigenvalue weighted by Crippen LogP contribution is 2.14. The SMILES string of the molecule is CCCCNCC(C)N(CC(C)C)C(CC)CC. The first-order chi connectivity index (χ1) is 8.56. The second-order valence-electron chi connectivity index (χ2n) is 5.97. The van der Waals surface area contributed by atoms with Crippen LogP contribution in [0, 0.1) is 5.92 Å². The average molecular weight is 256 g/mol. The highest BCUT2D eigenvalue weighted by Gasteiger charge is 2.21. The normalized spacial score (nSPS) is 13.8. The fraction of sp³-hybridized carbons (Fsp3) is 1.00. The maximum Gasteiger partial charge on any atom is 0.0195 e. The second-order valence-corrected chi connectivity index (χ2v) is 5.97. The van der Waals surface area contributed by atoms with Crippen molar-refractivity contribution in [3.8, 4) is 0 Å². The smallest absolute Gasteiger partial charge is 0.0195 e. The Morgan fingerprint density at radius 3 is 2.06 bits per heavy atom. The zero-order chi connectivity index (χ0) is 14.0. The Kier molecular flexibility index (Phi) is 10.8. The largest absolute Gasteiger partial charge is 0.315 e. The number of hydrogen-bond donors (Lipinski definition) is 1. The predicted molar refractivity (Wildman–Crippen MR) is 83.2 cm³/mol. The molecule has 0 saturated carbocycles. The summed E-state index contributed by atoms with van der Waals surface area (Å²) in [6.45, 7) is 17.4. The first kappa shape index (κ1) is 17.9. The summed E-state index contributed by atoms with van der Waals surface area (Å²) >= 11 is 0. The van der Waals surface area contributed by atoms with Crippen LogP contribution >= 0.6 is 0 Å². The van der Waals surface area contributed by atoms with Crippen molar-refractivity contribution in [2.45, 2.75) is 79.3 Å². The lowest BCUT2D eigenvalue weighted by molar-refractivity contribution is 0.117. The molecular formula is C16H36N2. The van der Waals surface area contributed by atoms with Gasteiger partial charge in [0.15, 0.2) is 0 Å². The van der Waals surface area contributed by atoms with E-state index in [1.807, 2.05) is 0 Å². The monoisotopic (exact) mass is 256 g/mol. The van der Waals surface area contributed by atoms with Gasteiger partial charge in [-0.25, -0.2) is 0 Å². The van der Waals surface area contributed by atoms with E-state index in [-0.39, 0.29) is 0 Å². The van der Waals surface area contributed by atoms with E-state index in [0.29, 0.717) is 6.04 Å². The summed E-state index contributed by atoms with van der Waals surface area (Å²) in [6.07, 6.45) is 5.11.